The molecule has 0 spiro atoms. The van der Waals surface area contributed by atoms with Crippen molar-refractivity contribution in [3.05, 3.63) is 64.2 Å². The molecule has 0 N–H and O–H groups in total. The molecule has 0 fully saturated rings. The molecule has 0 aliphatic heterocycles. The number of ether oxygens (including phenoxy) is 1. The maximum Gasteiger partial charge on any atom is 0.419 e. The summed E-state index contributed by atoms with van der Waals surface area (Å²) < 4.78 is 43.5. The van der Waals surface area contributed by atoms with E-state index in [2.05, 4.69) is 0 Å². The van der Waals surface area contributed by atoms with Crippen molar-refractivity contribution in [3.8, 4) is 11.5 Å². The zero-order valence-electron chi connectivity index (χ0n) is 9.92. The average Bonchev–Trinajstić information content (AvgIpc) is 2.38. The van der Waals surface area contributed by atoms with Gasteiger partial charge in [-0.15, -0.1) is 0 Å². The van der Waals surface area contributed by atoms with Crippen LogP contribution in [0.5, 0.6) is 11.5 Å². The molecule has 0 saturated carbocycles. The highest BCUT2D eigenvalue weighted by atomic mass is 19.4. The van der Waals surface area contributed by atoms with Gasteiger partial charge in [0.05, 0.1) is 10.5 Å². The second-order valence-electron chi connectivity index (χ2n) is 3.82. The number of rotatable bonds is 3. The largest absolute Gasteiger partial charge is 0.449 e. The molecular weight excluding hydrogens is 275 g/mol. The second kappa shape index (κ2) is 5.20. The quantitative estimate of drug-likeness (QED) is 0.619. The fourth-order valence-electron chi connectivity index (χ4n) is 1.60. The Morgan fingerprint density at radius 2 is 1.50 bits per heavy atom. The van der Waals surface area contributed by atoms with E-state index in [-0.39, 0.29) is 5.75 Å². The van der Waals surface area contributed by atoms with E-state index in [4.69, 9.17) is 4.74 Å². The number of hydrogen-bond donors (Lipinski definition) is 0. The van der Waals surface area contributed by atoms with E-state index in [1.54, 1.807) is 0 Å². The summed E-state index contributed by atoms with van der Waals surface area (Å²) in [5.74, 6) is -0.719. The number of nitro groups is 1. The number of alkyl halides is 3. The van der Waals surface area contributed by atoms with Crippen molar-refractivity contribution in [2.75, 3.05) is 0 Å². The van der Waals surface area contributed by atoms with Gasteiger partial charge in [0.25, 0.3) is 0 Å². The first kappa shape index (κ1) is 13.9. The van der Waals surface area contributed by atoms with Crippen LogP contribution in [-0.4, -0.2) is 4.92 Å². The summed E-state index contributed by atoms with van der Waals surface area (Å²) in [5.41, 5.74) is -1.39. The lowest BCUT2D eigenvalue weighted by atomic mass is 10.2. The van der Waals surface area contributed by atoms with Gasteiger partial charge in [0.1, 0.15) is 5.75 Å². The van der Waals surface area contributed by atoms with Crippen LogP contribution in [0.1, 0.15) is 5.56 Å². The van der Waals surface area contributed by atoms with Crippen LogP contribution in [0.15, 0.2) is 48.5 Å². The predicted molar refractivity (Wildman–Crippen MR) is 64.6 cm³/mol. The van der Waals surface area contributed by atoms with Crippen LogP contribution in [0, 0.1) is 10.1 Å². The van der Waals surface area contributed by atoms with Gasteiger partial charge in [-0.25, -0.2) is 0 Å². The number of nitro benzene ring substituents is 1. The highest BCUT2D eigenvalue weighted by Gasteiger charge is 2.34. The van der Waals surface area contributed by atoms with E-state index in [0.717, 1.165) is 18.2 Å². The van der Waals surface area contributed by atoms with Crippen molar-refractivity contribution in [2.45, 2.75) is 6.18 Å². The predicted octanol–water partition coefficient (Wildman–Crippen LogP) is 4.41. The van der Waals surface area contributed by atoms with E-state index in [9.17, 15) is 23.3 Å². The van der Waals surface area contributed by atoms with Gasteiger partial charge in [0, 0.05) is 6.07 Å². The number of para-hydroxylation sites is 3. The van der Waals surface area contributed by atoms with Gasteiger partial charge in [0.15, 0.2) is 0 Å². The lowest BCUT2D eigenvalue weighted by Crippen LogP contribution is -2.07. The van der Waals surface area contributed by atoms with Crippen molar-refractivity contribution in [1.82, 2.24) is 0 Å². The summed E-state index contributed by atoms with van der Waals surface area (Å²) in [6, 6.07) is 9.79. The maximum atomic E-state index is 12.8. The summed E-state index contributed by atoms with van der Waals surface area (Å²) in [5, 5.41) is 10.8. The topological polar surface area (TPSA) is 52.4 Å². The number of benzene rings is 2. The van der Waals surface area contributed by atoms with Crippen molar-refractivity contribution >= 4 is 5.69 Å². The normalized spacial score (nSPS) is 11.2. The summed E-state index contributed by atoms with van der Waals surface area (Å²) >= 11 is 0. The standard InChI is InChI=1S/C13H8F3NO3/c14-13(15,16)9-5-1-3-7-11(9)20-12-8-4-2-6-10(12)17(18)19/h1-8H. The molecular formula is C13H8F3NO3. The summed E-state index contributed by atoms with van der Waals surface area (Å²) in [6.45, 7) is 0. The molecule has 0 atom stereocenters. The van der Waals surface area contributed by atoms with Crippen LogP contribution >= 0.6 is 0 Å². The molecule has 2 rings (SSSR count). The van der Waals surface area contributed by atoms with Crippen molar-refractivity contribution in [3.63, 3.8) is 0 Å². The van der Waals surface area contributed by atoms with Crippen LogP contribution in [0.25, 0.3) is 0 Å². The average molecular weight is 283 g/mol. The molecule has 0 saturated heterocycles. The van der Waals surface area contributed by atoms with Crippen LogP contribution in [-0.2, 0) is 6.18 Å². The third-order valence-corrected chi connectivity index (χ3v) is 2.47. The van der Waals surface area contributed by atoms with E-state index < -0.39 is 28.1 Å². The molecule has 4 nitrogen and oxygen atoms in total. The Hall–Kier alpha value is -2.57. The third-order valence-electron chi connectivity index (χ3n) is 2.47. The first-order valence-corrected chi connectivity index (χ1v) is 5.47. The Balaban J connectivity index is 2.44. The molecule has 2 aromatic rings. The summed E-state index contributed by atoms with van der Waals surface area (Å²) in [6.07, 6.45) is -4.60. The van der Waals surface area contributed by atoms with Crippen molar-refractivity contribution in [2.24, 2.45) is 0 Å². The molecule has 7 heteroatoms. The van der Waals surface area contributed by atoms with Gasteiger partial charge >= 0.3 is 11.9 Å². The fraction of sp³-hybridized carbons (Fsp3) is 0.0769. The van der Waals surface area contributed by atoms with Crippen LogP contribution in [0.3, 0.4) is 0 Å². The summed E-state index contributed by atoms with van der Waals surface area (Å²) in [4.78, 5) is 10.1. The number of halogens is 3. The Kier molecular flexibility index (Phi) is 3.60. The van der Waals surface area contributed by atoms with E-state index in [1.165, 1.54) is 30.3 Å². The molecule has 20 heavy (non-hydrogen) atoms. The highest BCUT2D eigenvalue weighted by Crippen LogP contribution is 2.39. The Bertz CT molecular complexity index is 641. The molecule has 0 aliphatic carbocycles. The molecule has 0 heterocycles. The minimum Gasteiger partial charge on any atom is -0.449 e. The fourth-order valence-corrected chi connectivity index (χ4v) is 1.60. The second-order valence-corrected chi connectivity index (χ2v) is 3.82. The van der Waals surface area contributed by atoms with Gasteiger partial charge in [-0.05, 0) is 18.2 Å². The molecule has 0 unspecified atom stereocenters. The van der Waals surface area contributed by atoms with Gasteiger partial charge in [-0.3, -0.25) is 10.1 Å². The molecule has 0 aromatic heterocycles. The van der Waals surface area contributed by atoms with Gasteiger partial charge in [-0.1, -0.05) is 24.3 Å². The first-order chi connectivity index (χ1) is 9.39. The van der Waals surface area contributed by atoms with E-state index >= 15 is 0 Å². The van der Waals surface area contributed by atoms with E-state index in [1.807, 2.05) is 0 Å². The van der Waals surface area contributed by atoms with Crippen molar-refractivity contribution in [1.29, 1.82) is 0 Å². The molecule has 0 radical (unpaired) electrons. The van der Waals surface area contributed by atoms with Crippen LogP contribution in [0.2, 0.25) is 0 Å². The maximum absolute atomic E-state index is 12.8. The lowest BCUT2D eigenvalue weighted by molar-refractivity contribution is -0.385. The van der Waals surface area contributed by atoms with E-state index in [0.29, 0.717) is 0 Å². The van der Waals surface area contributed by atoms with Crippen LogP contribution in [0.4, 0.5) is 18.9 Å². The molecule has 0 aliphatic rings. The Labute approximate surface area is 111 Å². The molecule has 104 valence electrons. The highest BCUT2D eigenvalue weighted by molar-refractivity contribution is 5.49. The minimum atomic E-state index is -4.60. The Morgan fingerprint density at radius 1 is 0.950 bits per heavy atom. The van der Waals surface area contributed by atoms with Gasteiger partial charge in [-0.2, -0.15) is 13.2 Å². The van der Waals surface area contributed by atoms with Crippen molar-refractivity contribution < 1.29 is 22.8 Å². The smallest absolute Gasteiger partial charge is 0.419 e. The SMILES string of the molecule is O=[N+]([O-])c1ccccc1Oc1ccccc1C(F)(F)F. The molecule has 2 aromatic carbocycles. The number of nitrogens with zero attached hydrogens (tertiary/aromatic N) is 1. The third kappa shape index (κ3) is 2.87. The zero-order valence-corrected chi connectivity index (χ0v) is 9.92. The van der Waals surface area contributed by atoms with Gasteiger partial charge < -0.3 is 4.74 Å². The van der Waals surface area contributed by atoms with Gasteiger partial charge in [0.2, 0.25) is 5.75 Å². The Morgan fingerprint density at radius 3 is 2.10 bits per heavy atom. The zero-order chi connectivity index (χ0) is 14.8. The molecule has 0 amide bonds. The summed E-state index contributed by atoms with van der Waals surface area (Å²) in [7, 11) is 0. The lowest BCUT2D eigenvalue weighted by Gasteiger charge is -2.13. The minimum absolute atomic E-state index is 0.241. The molecule has 0 bridgehead atoms. The number of hydrogen-bond acceptors (Lipinski definition) is 3. The monoisotopic (exact) mass is 283 g/mol. The van der Waals surface area contributed by atoms with Crippen LogP contribution < -0.4 is 4.74 Å². The first-order valence-electron chi connectivity index (χ1n) is 5.47.